The van der Waals surface area contributed by atoms with Crippen LogP contribution >= 0.6 is 0 Å². The highest BCUT2D eigenvalue weighted by molar-refractivity contribution is 4.84. The van der Waals surface area contributed by atoms with Gasteiger partial charge in [0.1, 0.15) is 0 Å². The summed E-state index contributed by atoms with van der Waals surface area (Å²) in [6.07, 6.45) is 4.77. The topological polar surface area (TPSA) is 35.5 Å². The number of hydrogen-bond acceptors (Lipinski definition) is 3. The first kappa shape index (κ1) is 13.9. The van der Waals surface area contributed by atoms with E-state index in [0.29, 0.717) is 0 Å². The monoisotopic (exact) mass is 228 g/mol. The van der Waals surface area contributed by atoms with Gasteiger partial charge in [0.25, 0.3) is 0 Å². The smallest absolute Gasteiger partial charge is 0.0524 e. The maximum atomic E-state index is 9.26. The van der Waals surface area contributed by atoms with Crippen molar-refractivity contribution in [1.29, 1.82) is 0 Å². The zero-order valence-electron chi connectivity index (χ0n) is 11.1. The molecule has 0 heterocycles. The second kappa shape index (κ2) is 7.25. The molecule has 0 spiro atoms. The molecule has 0 radical (unpaired) electrons. The van der Waals surface area contributed by atoms with Gasteiger partial charge in [0.15, 0.2) is 0 Å². The summed E-state index contributed by atoms with van der Waals surface area (Å²) in [5.74, 6) is 0.805. The quantitative estimate of drug-likeness (QED) is 0.692. The van der Waals surface area contributed by atoms with E-state index in [1.54, 1.807) is 0 Å². The standard InChI is InChI=1S/C13H28N2O/c1-4-14-13-7-5-6-12(13)10-15(3)9-8-11(2)16/h11-14,16H,4-10H2,1-3H3. The first-order chi connectivity index (χ1) is 7.63. The molecule has 3 nitrogen and oxygen atoms in total. The molecule has 16 heavy (non-hydrogen) atoms. The summed E-state index contributed by atoms with van der Waals surface area (Å²) in [7, 11) is 2.17. The van der Waals surface area contributed by atoms with E-state index in [1.807, 2.05) is 6.92 Å². The molecule has 0 aromatic carbocycles. The van der Waals surface area contributed by atoms with Gasteiger partial charge >= 0.3 is 0 Å². The number of aliphatic hydroxyl groups is 1. The van der Waals surface area contributed by atoms with Gasteiger partial charge in [-0.3, -0.25) is 0 Å². The lowest BCUT2D eigenvalue weighted by atomic mass is 10.0. The largest absolute Gasteiger partial charge is 0.393 e. The van der Waals surface area contributed by atoms with Crippen molar-refractivity contribution >= 4 is 0 Å². The Kier molecular flexibility index (Phi) is 6.32. The van der Waals surface area contributed by atoms with Gasteiger partial charge in [-0.25, -0.2) is 0 Å². The van der Waals surface area contributed by atoms with Crippen LogP contribution in [0, 0.1) is 5.92 Å². The Morgan fingerprint density at radius 3 is 2.81 bits per heavy atom. The van der Waals surface area contributed by atoms with E-state index in [-0.39, 0.29) is 6.10 Å². The molecule has 0 aromatic rings. The van der Waals surface area contributed by atoms with Crippen LogP contribution in [0.3, 0.4) is 0 Å². The van der Waals surface area contributed by atoms with Gasteiger partial charge in [0, 0.05) is 19.1 Å². The first-order valence-electron chi connectivity index (χ1n) is 6.73. The average molecular weight is 228 g/mol. The predicted molar refractivity (Wildman–Crippen MR) is 68.6 cm³/mol. The van der Waals surface area contributed by atoms with E-state index in [4.69, 9.17) is 0 Å². The van der Waals surface area contributed by atoms with Gasteiger partial charge in [-0.1, -0.05) is 13.3 Å². The molecule has 3 atom stereocenters. The summed E-state index contributed by atoms with van der Waals surface area (Å²) < 4.78 is 0. The molecular weight excluding hydrogens is 200 g/mol. The van der Waals surface area contributed by atoms with Gasteiger partial charge in [0.05, 0.1) is 6.10 Å². The predicted octanol–water partition coefficient (Wildman–Crippen LogP) is 1.47. The van der Waals surface area contributed by atoms with Gasteiger partial charge in [-0.05, 0) is 45.7 Å². The molecule has 2 N–H and O–H groups in total. The molecule has 0 aromatic heterocycles. The summed E-state index contributed by atoms with van der Waals surface area (Å²) in [6, 6.07) is 0.721. The van der Waals surface area contributed by atoms with Crippen LogP contribution in [0.5, 0.6) is 0 Å². The third kappa shape index (κ3) is 4.81. The fourth-order valence-corrected chi connectivity index (χ4v) is 2.69. The SMILES string of the molecule is CCNC1CCCC1CN(C)CCC(C)O. The van der Waals surface area contributed by atoms with Crippen LogP contribution in [0.4, 0.5) is 0 Å². The van der Waals surface area contributed by atoms with Crippen LogP contribution in [-0.4, -0.2) is 48.8 Å². The van der Waals surface area contributed by atoms with Crippen LogP contribution in [0.25, 0.3) is 0 Å². The summed E-state index contributed by atoms with van der Waals surface area (Å²) in [5.41, 5.74) is 0. The highest BCUT2D eigenvalue weighted by Gasteiger charge is 2.27. The van der Waals surface area contributed by atoms with Gasteiger partial charge < -0.3 is 15.3 Å². The van der Waals surface area contributed by atoms with Crippen molar-refractivity contribution in [1.82, 2.24) is 10.2 Å². The van der Waals surface area contributed by atoms with Crippen molar-refractivity contribution in [3.05, 3.63) is 0 Å². The Labute approximate surface area is 100 Å². The highest BCUT2D eigenvalue weighted by Crippen LogP contribution is 2.26. The number of aliphatic hydroxyl groups excluding tert-OH is 1. The number of hydrogen-bond donors (Lipinski definition) is 2. The Morgan fingerprint density at radius 2 is 2.19 bits per heavy atom. The molecule has 0 saturated heterocycles. The van der Waals surface area contributed by atoms with Crippen molar-refractivity contribution < 1.29 is 5.11 Å². The third-order valence-corrected chi connectivity index (χ3v) is 3.60. The lowest BCUT2D eigenvalue weighted by molar-refractivity contribution is 0.156. The minimum atomic E-state index is -0.171. The molecule has 1 fully saturated rings. The van der Waals surface area contributed by atoms with Crippen molar-refractivity contribution in [2.75, 3.05) is 26.7 Å². The minimum Gasteiger partial charge on any atom is -0.393 e. The fraction of sp³-hybridized carbons (Fsp3) is 1.00. The van der Waals surface area contributed by atoms with E-state index < -0.39 is 0 Å². The molecule has 3 heteroatoms. The summed E-state index contributed by atoms with van der Waals surface area (Å²) in [5, 5.41) is 12.8. The molecule has 0 amide bonds. The van der Waals surface area contributed by atoms with Crippen molar-refractivity contribution in [3.63, 3.8) is 0 Å². The van der Waals surface area contributed by atoms with Gasteiger partial charge in [-0.15, -0.1) is 0 Å². The lowest BCUT2D eigenvalue weighted by Crippen LogP contribution is -2.38. The van der Waals surface area contributed by atoms with Crippen molar-refractivity contribution in [2.45, 2.75) is 51.7 Å². The third-order valence-electron chi connectivity index (χ3n) is 3.60. The molecule has 96 valence electrons. The summed E-state index contributed by atoms with van der Waals surface area (Å²) >= 11 is 0. The summed E-state index contributed by atoms with van der Waals surface area (Å²) in [6.45, 7) is 7.31. The van der Waals surface area contributed by atoms with E-state index in [9.17, 15) is 5.11 Å². The second-order valence-electron chi connectivity index (χ2n) is 5.26. The van der Waals surface area contributed by atoms with Crippen LogP contribution in [0.1, 0.15) is 39.5 Å². The van der Waals surface area contributed by atoms with Crippen molar-refractivity contribution in [3.8, 4) is 0 Å². The van der Waals surface area contributed by atoms with E-state index in [2.05, 4.69) is 24.2 Å². The maximum Gasteiger partial charge on any atom is 0.0524 e. The number of rotatable bonds is 7. The molecule has 1 rings (SSSR count). The summed E-state index contributed by atoms with van der Waals surface area (Å²) in [4.78, 5) is 2.37. The maximum absolute atomic E-state index is 9.26. The van der Waals surface area contributed by atoms with Gasteiger partial charge in [0.2, 0.25) is 0 Å². The van der Waals surface area contributed by atoms with Gasteiger partial charge in [-0.2, -0.15) is 0 Å². The number of nitrogens with one attached hydrogen (secondary N) is 1. The Hall–Kier alpha value is -0.120. The number of nitrogens with zero attached hydrogens (tertiary/aromatic N) is 1. The van der Waals surface area contributed by atoms with Crippen LogP contribution in [0.15, 0.2) is 0 Å². The molecule has 1 saturated carbocycles. The normalized spacial score (nSPS) is 27.6. The molecular formula is C13H28N2O. The van der Waals surface area contributed by atoms with E-state index in [0.717, 1.165) is 31.5 Å². The second-order valence-corrected chi connectivity index (χ2v) is 5.26. The Bertz CT molecular complexity index is 185. The zero-order valence-corrected chi connectivity index (χ0v) is 11.1. The molecule has 3 unspecified atom stereocenters. The van der Waals surface area contributed by atoms with Crippen LogP contribution in [0.2, 0.25) is 0 Å². The van der Waals surface area contributed by atoms with E-state index >= 15 is 0 Å². The Balaban J connectivity index is 2.23. The highest BCUT2D eigenvalue weighted by atomic mass is 16.3. The molecule has 1 aliphatic rings. The average Bonchev–Trinajstić information content (AvgIpc) is 2.63. The fourth-order valence-electron chi connectivity index (χ4n) is 2.69. The van der Waals surface area contributed by atoms with E-state index in [1.165, 1.54) is 25.8 Å². The molecule has 0 bridgehead atoms. The molecule has 1 aliphatic carbocycles. The molecule has 0 aliphatic heterocycles. The van der Waals surface area contributed by atoms with Crippen LogP contribution < -0.4 is 5.32 Å². The van der Waals surface area contributed by atoms with Crippen LogP contribution in [-0.2, 0) is 0 Å². The zero-order chi connectivity index (χ0) is 12.0. The van der Waals surface area contributed by atoms with Crippen molar-refractivity contribution in [2.24, 2.45) is 5.92 Å². The first-order valence-corrected chi connectivity index (χ1v) is 6.73. The lowest BCUT2D eigenvalue weighted by Gasteiger charge is -2.26. The Morgan fingerprint density at radius 1 is 1.44 bits per heavy atom. The minimum absolute atomic E-state index is 0.171.